The third-order valence-corrected chi connectivity index (χ3v) is 6.55. The van der Waals surface area contributed by atoms with Crippen molar-refractivity contribution in [3.63, 3.8) is 0 Å². The average molecular weight is 389 g/mol. The molecule has 3 aromatic carbocycles. The first-order valence-corrected chi connectivity index (χ1v) is 10.4. The fourth-order valence-electron chi connectivity index (χ4n) is 4.71. The fourth-order valence-corrected chi connectivity index (χ4v) is 4.71. The molecule has 1 fully saturated rings. The van der Waals surface area contributed by atoms with Crippen LogP contribution in [0.3, 0.4) is 0 Å². The molecule has 4 rings (SSSR count). The van der Waals surface area contributed by atoms with E-state index in [0.29, 0.717) is 11.7 Å². The predicted octanol–water partition coefficient (Wildman–Crippen LogP) is 6.21. The monoisotopic (exact) mass is 388 g/mol. The Kier molecular flexibility index (Phi) is 5.23. The van der Waals surface area contributed by atoms with Crippen molar-refractivity contribution in [3.8, 4) is 17.2 Å². The van der Waals surface area contributed by atoms with Crippen LogP contribution in [0.4, 0.5) is 0 Å². The van der Waals surface area contributed by atoms with Gasteiger partial charge in [0.2, 0.25) is 0 Å². The van der Waals surface area contributed by atoms with Crippen molar-refractivity contribution >= 4 is 0 Å². The number of phenols is 3. The Morgan fingerprint density at radius 1 is 0.655 bits per heavy atom. The molecular formula is C26H28O3. The summed E-state index contributed by atoms with van der Waals surface area (Å²) in [6.45, 7) is 2.13. The molecular weight excluding hydrogens is 360 g/mol. The molecule has 3 nitrogen and oxygen atoms in total. The molecule has 0 radical (unpaired) electrons. The highest BCUT2D eigenvalue weighted by Gasteiger charge is 2.33. The molecule has 0 spiro atoms. The van der Waals surface area contributed by atoms with Crippen molar-refractivity contribution in [3.05, 3.63) is 89.0 Å². The molecule has 1 saturated carbocycles. The van der Waals surface area contributed by atoms with Gasteiger partial charge >= 0.3 is 0 Å². The molecule has 0 heterocycles. The summed E-state index contributed by atoms with van der Waals surface area (Å²) in [7, 11) is 0. The van der Waals surface area contributed by atoms with E-state index in [1.54, 1.807) is 12.1 Å². The van der Waals surface area contributed by atoms with Crippen LogP contribution in [0.1, 0.15) is 67.2 Å². The Morgan fingerprint density at radius 2 is 1.28 bits per heavy atom. The van der Waals surface area contributed by atoms with E-state index in [2.05, 4.69) is 25.1 Å². The molecule has 0 bridgehead atoms. The topological polar surface area (TPSA) is 60.7 Å². The van der Waals surface area contributed by atoms with Gasteiger partial charge in [0.25, 0.3) is 0 Å². The van der Waals surface area contributed by atoms with Crippen LogP contribution in [-0.4, -0.2) is 15.3 Å². The summed E-state index contributed by atoms with van der Waals surface area (Å²) >= 11 is 0. The smallest absolute Gasteiger partial charge is 0.157 e. The third-order valence-electron chi connectivity index (χ3n) is 6.55. The lowest BCUT2D eigenvalue weighted by molar-refractivity contribution is 0.402. The molecule has 0 saturated heterocycles. The molecule has 3 aromatic rings. The number of aromatic hydroxyl groups is 3. The lowest BCUT2D eigenvalue weighted by Gasteiger charge is -2.33. The minimum absolute atomic E-state index is 0.127. The molecule has 3 N–H and O–H groups in total. The zero-order valence-corrected chi connectivity index (χ0v) is 16.8. The Balaban J connectivity index is 1.89. The largest absolute Gasteiger partial charge is 0.508 e. The highest BCUT2D eigenvalue weighted by Crippen LogP contribution is 2.44. The summed E-state index contributed by atoms with van der Waals surface area (Å²) in [6.07, 6.45) is 5.90. The van der Waals surface area contributed by atoms with Crippen molar-refractivity contribution in [2.75, 3.05) is 0 Å². The predicted molar refractivity (Wildman–Crippen MR) is 116 cm³/mol. The van der Waals surface area contributed by atoms with Gasteiger partial charge in [0, 0.05) is 5.41 Å². The van der Waals surface area contributed by atoms with Crippen molar-refractivity contribution < 1.29 is 15.3 Å². The van der Waals surface area contributed by atoms with Gasteiger partial charge in [-0.1, -0.05) is 67.8 Å². The SMILES string of the molecule is CC(c1ccccc1)(c1ccc(O)c(O)c1)c1ccc(O)c(C2CCCCC2)c1. The zero-order chi connectivity index (χ0) is 20.4. The Labute approximate surface area is 172 Å². The first-order chi connectivity index (χ1) is 14.0. The van der Waals surface area contributed by atoms with Crippen molar-refractivity contribution in [2.45, 2.75) is 50.4 Å². The first kappa shape index (κ1) is 19.4. The molecule has 1 aliphatic carbocycles. The van der Waals surface area contributed by atoms with Crippen LogP contribution < -0.4 is 0 Å². The molecule has 1 atom stereocenters. The van der Waals surface area contributed by atoms with Crippen LogP contribution in [0, 0.1) is 0 Å². The van der Waals surface area contributed by atoms with E-state index >= 15 is 0 Å². The van der Waals surface area contributed by atoms with Gasteiger partial charge in [-0.3, -0.25) is 0 Å². The summed E-state index contributed by atoms with van der Waals surface area (Å²) < 4.78 is 0. The van der Waals surface area contributed by atoms with E-state index in [0.717, 1.165) is 35.1 Å². The van der Waals surface area contributed by atoms with Crippen LogP contribution in [0.15, 0.2) is 66.7 Å². The number of rotatable bonds is 4. The molecule has 0 aliphatic heterocycles. The fraction of sp³-hybridized carbons (Fsp3) is 0.308. The second-order valence-electron chi connectivity index (χ2n) is 8.30. The zero-order valence-electron chi connectivity index (χ0n) is 16.8. The van der Waals surface area contributed by atoms with Gasteiger partial charge in [0.15, 0.2) is 11.5 Å². The number of benzene rings is 3. The Hall–Kier alpha value is -2.94. The van der Waals surface area contributed by atoms with E-state index in [-0.39, 0.29) is 11.5 Å². The Morgan fingerprint density at radius 3 is 1.93 bits per heavy atom. The van der Waals surface area contributed by atoms with Crippen LogP contribution in [0.2, 0.25) is 0 Å². The normalized spacial score (nSPS) is 17.0. The molecule has 1 unspecified atom stereocenters. The maximum absolute atomic E-state index is 10.6. The number of hydrogen-bond acceptors (Lipinski definition) is 3. The summed E-state index contributed by atoms with van der Waals surface area (Å²) in [5.74, 6) is 0.496. The van der Waals surface area contributed by atoms with E-state index in [9.17, 15) is 15.3 Å². The van der Waals surface area contributed by atoms with E-state index in [1.165, 1.54) is 25.3 Å². The van der Waals surface area contributed by atoms with Gasteiger partial charge < -0.3 is 15.3 Å². The summed E-state index contributed by atoms with van der Waals surface area (Å²) in [4.78, 5) is 0. The molecule has 0 aromatic heterocycles. The van der Waals surface area contributed by atoms with E-state index < -0.39 is 5.41 Å². The van der Waals surface area contributed by atoms with E-state index in [4.69, 9.17) is 0 Å². The van der Waals surface area contributed by atoms with Crippen LogP contribution in [-0.2, 0) is 5.41 Å². The summed E-state index contributed by atoms with van der Waals surface area (Å²) in [5, 5.41) is 30.6. The van der Waals surface area contributed by atoms with E-state index in [1.807, 2.05) is 30.3 Å². The molecule has 0 amide bonds. The summed E-state index contributed by atoms with van der Waals surface area (Å²) in [5.41, 5.74) is 3.52. The highest BCUT2D eigenvalue weighted by atomic mass is 16.3. The average Bonchev–Trinajstić information content (AvgIpc) is 2.76. The second-order valence-corrected chi connectivity index (χ2v) is 8.30. The summed E-state index contributed by atoms with van der Waals surface area (Å²) in [6, 6.07) is 21.1. The minimum Gasteiger partial charge on any atom is -0.508 e. The maximum atomic E-state index is 10.6. The van der Waals surface area contributed by atoms with Gasteiger partial charge in [-0.05, 0) is 66.1 Å². The molecule has 3 heteroatoms. The minimum atomic E-state index is -0.538. The molecule has 1 aliphatic rings. The van der Waals surface area contributed by atoms with Gasteiger partial charge in [-0.15, -0.1) is 0 Å². The van der Waals surface area contributed by atoms with Gasteiger partial charge in [-0.2, -0.15) is 0 Å². The highest BCUT2D eigenvalue weighted by molar-refractivity contribution is 5.55. The van der Waals surface area contributed by atoms with Crippen molar-refractivity contribution in [1.82, 2.24) is 0 Å². The lowest BCUT2D eigenvalue weighted by Crippen LogP contribution is -2.25. The Bertz CT molecular complexity index is 990. The van der Waals surface area contributed by atoms with Gasteiger partial charge in [0.05, 0.1) is 0 Å². The van der Waals surface area contributed by atoms with Crippen molar-refractivity contribution in [2.24, 2.45) is 0 Å². The number of phenolic OH excluding ortho intramolecular Hbond substituents is 3. The maximum Gasteiger partial charge on any atom is 0.157 e. The first-order valence-electron chi connectivity index (χ1n) is 10.4. The van der Waals surface area contributed by atoms with Crippen LogP contribution in [0.25, 0.3) is 0 Å². The molecule has 150 valence electrons. The van der Waals surface area contributed by atoms with Crippen LogP contribution >= 0.6 is 0 Å². The van der Waals surface area contributed by atoms with Crippen molar-refractivity contribution in [1.29, 1.82) is 0 Å². The quantitative estimate of drug-likeness (QED) is 0.368. The third kappa shape index (κ3) is 3.57. The standard InChI is InChI=1S/C26H28O3/c1-26(19-10-6-3-7-11-19,21-13-15-24(28)25(29)17-21)20-12-14-23(27)22(16-20)18-8-4-2-5-9-18/h3,6-7,10-18,27-29H,2,4-5,8-9H2,1H3. The van der Waals surface area contributed by atoms with Crippen LogP contribution in [0.5, 0.6) is 17.2 Å². The molecule has 29 heavy (non-hydrogen) atoms. The van der Waals surface area contributed by atoms with Gasteiger partial charge in [-0.25, -0.2) is 0 Å². The van der Waals surface area contributed by atoms with Gasteiger partial charge in [0.1, 0.15) is 5.75 Å². The lowest BCUT2D eigenvalue weighted by atomic mass is 9.70. The number of hydrogen-bond donors (Lipinski definition) is 3. The second kappa shape index (κ2) is 7.82.